The Morgan fingerprint density at radius 1 is 0.893 bits per heavy atom. The van der Waals surface area contributed by atoms with E-state index in [-0.39, 0.29) is 29.3 Å². The molecule has 0 saturated heterocycles. The molecule has 0 aliphatic rings. The van der Waals surface area contributed by atoms with Gasteiger partial charge in [0.2, 0.25) is 0 Å². The first-order valence-electron chi connectivity index (χ1n) is 7.89. The Morgan fingerprint density at radius 3 is 2.36 bits per heavy atom. The van der Waals surface area contributed by atoms with Gasteiger partial charge in [0.1, 0.15) is 5.82 Å². The second-order valence-electron chi connectivity index (χ2n) is 5.73. The average Bonchev–Trinajstić information content (AvgIpc) is 2.65. The molecule has 0 amide bonds. The lowest BCUT2D eigenvalue weighted by atomic mass is 10.1. The molecule has 3 rings (SSSR count). The van der Waals surface area contributed by atoms with Gasteiger partial charge in [-0.25, -0.2) is 9.97 Å². The number of rotatable bonds is 4. The van der Waals surface area contributed by atoms with Crippen molar-refractivity contribution in [3.63, 3.8) is 0 Å². The maximum atomic E-state index is 13.0. The van der Waals surface area contributed by atoms with Gasteiger partial charge in [0.25, 0.3) is 0 Å². The summed E-state index contributed by atoms with van der Waals surface area (Å²) < 4.78 is 77.6. The Bertz CT molecular complexity index is 969. The number of hydrogen-bond acceptors (Lipinski definition) is 4. The quantitative estimate of drug-likeness (QED) is 0.615. The molecule has 1 N–H and O–H groups in total. The normalized spacial score (nSPS) is 12.1. The molecule has 3 aromatic rings. The minimum Gasteiger partial charge on any atom is -0.366 e. The Labute approximate surface area is 155 Å². The molecule has 2 heterocycles. The van der Waals surface area contributed by atoms with E-state index >= 15 is 0 Å². The summed E-state index contributed by atoms with van der Waals surface area (Å²) in [5.41, 5.74) is -1.69. The number of alkyl halides is 6. The number of benzene rings is 1. The van der Waals surface area contributed by atoms with Crippen LogP contribution < -0.4 is 5.32 Å². The van der Waals surface area contributed by atoms with Crippen LogP contribution in [0.1, 0.15) is 16.7 Å². The second-order valence-corrected chi connectivity index (χ2v) is 5.73. The number of hydrogen-bond donors (Lipinski definition) is 1. The Morgan fingerprint density at radius 2 is 1.64 bits per heavy atom. The van der Waals surface area contributed by atoms with E-state index < -0.39 is 23.5 Å². The van der Waals surface area contributed by atoms with Crippen LogP contribution in [0.4, 0.5) is 32.2 Å². The predicted octanol–water partition coefficient (Wildman–Crippen LogP) is 5.19. The molecule has 0 atom stereocenters. The van der Waals surface area contributed by atoms with Gasteiger partial charge in [-0.05, 0) is 23.8 Å². The lowest BCUT2D eigenvalue weighted by Crippen LogP contribution is -2.12. The average molecular weight is 398 g/mol. The van der Waals surface area contributed by atoms with Gasteiger partial charge in [-0.3, -0.25) is 4.98 Å². The highest BCUT2D eigenvalue weighted by Gasteiger charge is 2.33. The highest BCUT2D eigenvalue weighted by molar-refractivity contribution is 5.56. The molecule has 4 nitrogen and oxygen atoms in total. The smallest absolute Gasteiger partial charge is 0.366 e. The second kappa shape index (κ2) is 7.45. The van der Waals surface area contributed by atoms with Crippen LogP contribution in [0, 0.1) is 0 Å². The third-order valence-corrected chi connectivity index (χ3v) is 3.76. The summed E-state index contributed by atoms with van der Waals surface area (Å²) in [6.07, 6.45) is -5.92. The summed E-state index contributed by atoms with van der Waals surface area (Å²) in [5, 5.41) is 2.73. The zero-order valence-electron chi connectivity index (χ0n) is 14.0. The molecule has 2 aromatic heterocycles. The van der Waals surface area contributed by atoms with Crippen LogP contribution in [0.25, 0.3) is 11.4 Å². The van der Waals surface area contributed by atoms with E-state index in [4.69, 9.17) is 0 Å². The summed E-state index contributed by atoms with van der Waals surface area (Å²) in [4.78, 5) is 11.5. The molecular weight excluding hydrogens is 386 g/mol. The summed E-state index contributed by atoms with van der Waals surface area (Å²) in [6.45, 7) is -0.174. The van der Waals surface area contributed by atoms with E-state index in [9.17, 15) is 26.3 Å². The van der Waals surface area contributed by atoms with Crippen molar-refractivity contribution in [2.45, 2.75) is 18.9 Å². The molecule has 0 radical (unpaired) electrons. The number of nitrogens with one attached hydrogen (secondary N) is 1. The van der Waals surface area contributed by atoms with Gasteiger partial charge in [0.05, 0.1) is 11.1 Å². The van der Waals surface area contributed by atoms with Crippen molar-refractivity contribution >= 4 is 5.82 Å². The van der Waals surface area contributed by atoms with Crippen molar-refractivity contribution in [3.8, 4) is 11.4 Å². The molecule has 0 aliphatic carbocycles. The number of nitrogens with zero attached hydrogens (tertiary/aromatic N) is 3. The standard InChI is InChI=1S/C18H12F6N4/c19-17(20,21)13-7-12(8-25-10-13)16-26-6-5-15(28-16)27-9-11-3-1-2-4-14(11)18(22,23)24/h1-8,10H,9H2,(H,26,27,28). The molecule has 0 spiro atoms. The first-order chi connectivity index (χ1) is 13.1. The van der Waals surface area contributed by atoms with Crippen molar-refractivity contribution in [2.75, 3.05) is 5.32 Å². The van der Waals surface area contributed by atoms with Gasteiger partial charge in [0.15, 0.2) is 5.82 Å². The van der Waals surface area contributed by atoms with Gasteiger partial charge in [-0.2, -0.15) is 26.3 Å². The van der Waals surface area contributed by atoms with E-state index in [1.807, 2.05) is 0 Å². The SMILES string of the molecule is FC(F)(F)c1cncc(-c2nccc(NCc3ccccc3C(F)(F)F)n2)c1. The fourth-order valence-electron chi connectivity index (χ4n) is 2.45. The van der Waals surface area contributed by atoms with Crippen LogP contribution in [0.15, 0.2) is 55.0 Å². The Balaban J connectivity index is 1.82. The van der Waals surface area contributed by atoms with Crippen molar-refractivity contribution in [3.05, 3.63) is 71.7 Å². The molecule has 10 heteroatoms. The lowest BCUT2D eigenvalue weighted by Gasteiger charge is -2.14. The molecule has 0 aliphatic heterocycles. The highest BCUT2D eigenvalue weighted by atomic mass is 19.4. The number of anilines is 1. The van der Waals surface area contributed by atoms with Crippen molar-refractivity contribution in [1.29, 1.82) is 0 Å². The molecule has 0 bridgehead atoms. The minimum atomic E-state index is -4.57. The molecule has 28 heavy (non-hydrogen) atoms. The van der Waals surface area contributed by atoms with Gasteiger partial charge >= 0.3 is 12.4 Å². The summed E-state index contributed by atoms with van der Waals surface area (Å²) in [7, 11) is 0. The van der Waals surface area contributed by atoms with Gasteiger partial charge in [-0.15, -0.1) is 0 Å². The summed E-state index contributed by atoms with van der Waals surface area (Å²) >= 11 is 0. The van der Waals surface area contributed by atoms with Crippen molar-refractivity contribution in [2.24, 2.45) is 0 Å². The van der Waals surface area contributed by atoms with Crippen LogP contribution >= 0.6 is 0 Å². The zero-order chi connectivity index (χ0) is 20.4. The van der Waals surface area contributed by atoms with E-state index in [1.165, 1.54) is 36.7 Å². The number of aromatic nitrogens is 3. The summed E-state index contributed by atoms with van der Waals surface area (Å²) in [5.74, 6) is 0.132. The van der Waals surface area contributed by atoms with E-state index in [1.54, 1.807) is 0 Å². The monoisotopic (exact) mass is 398 g/mol. The Hall–Kier alpha value is -3.17. The molecular formula is C18H12F6N4. The number of halogens is 6. The van der Waals surface area contributed by atoms with Crippen molar-refractivity contribution < 1.29 is 26.3 Å². The molecule has 0 unspecified atom stereocenters. The lowest BCUT2D eigenvalue weighted by molar-refractivity contribution is -0.138. The third kappa shape index (κ3) is 4.56. The third-order valence-electron chi connectivity index (χ3n) is 3.76. The van der Waals surface area contributed by atoms with Gasteiger partial charge < -0.3 is 5.32 Å². The predicted molar refractivity (Wildman–Crippen MR) is 89.0 cm³/mol. The van der Waals surface area contributed by atoms with E-state index in [0.29, 0.717) is 6.20 Å². The Kier molecular flexibility index (Phi) is 5.21. The maximum absolute atomic E-state index is 13.0. The van der Waals surface area contributed by atoms with Gasteiger partial charge in [0, 0.05) is 30.7 Å². The van der Waals surface area contributed by atoms with Crippen LogP contribution in [-0.4, -0.2) is 15.0 Å². The largest absolute Gasteiger partial charge is 0.417 e. The minimum absolute atomic E-state index is 0.0101. The van der Waals surface area contributed by atoms with Crippen LogP contribution in [0.3, 0.4) is 0 Å². The fourth-order valence-corrected chi connectivity index (χ4v) is 2.45. The van der Waals surface area contributed by atoms with Crippen LogP contribution in [-0.2, 0) is 18.9 Å². The maximum Gasteiger partial charge on any atom is 0.417 e. The van der Waals surface area contributed by atoms with Crippen LogP contribution in [0.2, 0.25) is 0 Å². The molecule has 146 valence electrons. The van der Waals surface area contributed by atoms with Gasteiger partial charge in [-0.1, -0.05) is 18.2 Å². The zero-order valence-corrected chi connectivity index (χ0v) is 14.0. The molecule has 0 saturated carbocycles. The van der Waals surface area contributed by atoms with Crippen LogP contribution in [0.5, 0.6) is 0 Å². The van der Waals surface area contributed by atoms with E-state index in [2.05, 4.69) is 20.3 Å². The topological polar surface area (TPSA) is 50.7 Å². The summed E-state index contributed by atoms with van der Waals surface area (Å²) in [6, 6.07) is 7.32. The molecule has 1 aromatic carbocycles. The highest BCUT2D eigenvalue weighted by Crippen LogP contribution is 2.32. The number of pyridine rings is 1. The first-order valence-corrected chi connectivity index (χ1v) is 7.89. The fraction of sp³-hybridized carbons (Fsp3) is 0.167. The first kappa shape index (κ1) is 19.6. The molecule has 0 fully saturated rings. The van der Waals surface area contributed by atoms with Crippen molar-refractivity contribution in [1.82, 2.24) is 15.0 Å². The van der Waals surface area contributed by atoms with E-state index in [0.717, 1.165) is 12.1 Å².